The number of rotatable bonds is 9. The number of benzene rings is 2. The Bertz CT molecular complexity index is 714. The van der Waals surface area contributed by atoms with Gasteiger partial charge in [0.2, 0.25) is 5.91 Å². The molecule has 1 amide bonds. The van der Waals surface area contributed by atoms with Gasteiger partial charge in [0.15, 0.2) is 0 Å². The highest BCUT2D eigenvalue weighted by molar-refractivity contribution is 5.94. The number of carbonyl (C=O) groups is 1. The van der Waals surface area contributed by atoms with Crippen molar-refractivity contribution in [2.75, 3.05) is 31.0 Å². The zero-order valence-electron chi connectivity index (χ0n) is 14.5. The van der Waals surface area contributed by atoms with Gasteiger partial charge in [-0.2, -0.15) is 0 Å². The summed E-state index contributed by atoms with van der Waals surface area (Å²) in [6.07, 6.45) is 2.01. The first-order valence-corrected chi connectivity index (χ1v) is 8.60. The van der Waals surface area contributed by atoms with Crippen LogP contribution in [-0.2, 0) is 16.1 Å². The summed E-state index contributed by atoms with van der Waals surface area (Å²) >= 11 is 0. The molecule has 3 rings (SSSR count). The van der Waals surface area contributed by atoms with Gasteiger partial charge in [-0.3, -0.25) is 4.79 Å². The van der Waals surface area contributed by atoms with Crippen molar-refractivity contribution in [1.82, 2.24) is 0 Å². The molecule has 5 heteroatoms. The number of methoxy groups -OCH3 is 1. The number of carbonyl (C=O) groups excluding carboxylic acids is 1. The van der Waals surface area contributed by atoms with Gasteiger partial charge in [0.05, 0.1) is 6.61 Å². The largest absolute Gasteiger partial charge is 0.491 e. The van der Waals surface area contributed by atoms with E-state index < -0.39 is 0 Å². The van der Waals surface area contributed by atoms with Crippen LogP contribution in [0.2, 0.25) is 0 Å². The molecule has 0 heterocycles. The minimum absolute atomic E-state index is 0.119. The maximum atomic E-state index is 11.9. The van der Waals surface area contributed by atoms with Crippen LogP contribution in [0.25, 0.3) is 0 Å². The summed E-state index contributed by atoms with van der Waals surface area (Å²) in [5, 5.41) is 6.36. The van der Waals surface area contributed by atoms with Crippen molar-refractivity contribution < 1.29 is 14.3 Å². The summed E-state index contributed by atoms with van der Waals surface area (Å²) in [4.78, 5) is 11.9. The van der Waals surface area contributed by atoms with E-state index in [4.69, 9.17) is 9.47 Å². The van der Waals surface area contributed by atoms with E-state index in [1.54, 1.807) is 7.11 Å². The van der Waals surface area contributed by atoms with Crippen molar-refractivity contribution in [2.24, 2.45) is 5.92 Å². The van der Waals surface area contributed by atoms with Crippen LogP contribution >= 0.6 is 0 Å². The average Bonchev–Trinajstić information content (AvgIpc) is 3.47. The second kappa shape index (κ2) is 8.53. The minimum Gasteiger partial charge on any atom is -0.491 e. The number of nitrogens with one attached hydrogen (secondary N) is 2. The Morgan fingerprint density at radius 1 is 1.08 bits per heavy atom. The Labute approximate surface area is 148 Å². The van der Waals surface area contributed by atoms with E-state index in [1.807, 2.05) is 48.5 Å². The van der Waals surface area contributed by atoms with Crippen molar-refractivity contribution >= 4 is 17.3 Å². The Morgan fingerprint density at radius 3 is 2.68 bits per heavy atom. The van der Waals surface area contributed by atoms with Crippen molar-refractivity contribution in [1.29, 1.82) is 0 Å². The molecule has 1 fully saturated rings. The normalized spacial score (nSPS) is 13.3. The molecule has 1 saturated carbocycles. The molecule has 5 nitrogen and oxygen atoms in total. The predicted molar refractivity (Wildman–Crippen MR) is 98.9 cm³/mol. The standard InChI is InChI=1S/C20H24N2O3/c1-24-11-12-25-19-8-3-2-5-16(19)14-21-17-6-4-7-18(13-17)22-20(23)15-9-10-15/h2-8,13,15,21H,9-12,14H2,1H3,(H,22,23). The number of para-hydroxylation sites is 1. The molecule has 0 aliphatic heterocycles. The van der Waals surface area contributed by atoms with Gasteiger partial charge < -0.3 is 20.1 Å². The molecule has 2 aromatic rings. The zero-order chi connectivity index (χ0) is 17.5. The van der Waals surface area contributed by atoms with Gasteiger partial charge in [-0.15, -0.1) is 0 Å². The lowest BCUT2D eigenvalue weighted by atomic mass is 10.2. The van der Waals surface area contributed by atoms with Crippen LogP contribution < -0.4 is 15.4 Å². The molecule has 2 N–H and O–H groups in total. The average molecular weight is 340 g/mol. The summed E-state index contributed by atoms with van der Waals surface area (Å²) in [6.45, 7) is 1.73. The third-order valence-corrected chi connectivity index (χ3v) is 4.08. The molecular formula is C20H24N2O3. The minimum atomic E-state index is 0.119. The molecule has 1 aliphatic rings. The van der Waals surface area contributed by atoms with Crippen molar-refractivity contribution in [3.05, 3.63) is 54.1 Å². The lowest BCUT2D eigenvalue weighted by Gasteiger charge is -2.13. The quantitative estimate of drug-likeness (QED) is 0.684. The molecule has 1 aliphatic carbocycles. The smallest absolute Gasteiger partial charge is 0.227 e. The Balaban J connectivity index is 1.58. The van der Waals surface area contributed by atoms with Gasteiger partial charge in [-0.25, -0.2) is 0 Å². The van der Waals surface area contributed by atoms with Gasteiger partial charge in [0.1, 0.15) is 12.4 Å². The van der Waals surface area contributed by atoms with Crippen molar-refractivity contribution in [3.8, 4) is 5.75 Å². The maximum Gasteiger partial charge on any atom is 0.227 e. The van der Waals surface area contributed by atoms with Crippen LogP contribution in [0.3, 0.4) is 0 Å². The Morgan fingerprint density at radius 2 is 1.88 bits per heavy atom. The monoisotopic (exact) mass is 340 g/mol. The van der Waals surface area contributed by atoms with Gasteiger partial charge in [-0.1, -0.05) is 24.3 Å². The SMILES string of the molecule is COCCOc1ccccc1CNc1cccc(NC(=O)C2CC2)c1. The van der Waals surface area contributed by atoms with Crippen LogP contribution in [0.1, 0.15) is 18.4 Å². The van der Waals surface area contributed by atoms with Crippen molar-refractivity contribution in [3.63, 3.8) is 0 Å². The Kier molecular flexibility index (Phi) is 5.90. The maximum absolute atomic E-state index is 11.9. The highest BCUT2D eigenvalue weighted by atomic mass is 16.5. The number of hydrogen-bond donors (Lipinski definition) is 2. The lowest BCUT2D eigenvalue weighted by molar-refractivity contribution is -0.117. The summed E-state index contributed by atoms with van der Waals surface area (Å²) in [6, 6.07) is 15.7. The number of ether oxygens (including phenoxy) is 2. The molecule has 0 bridgehead atoms. The summed E-state index contributed by atoms with van der Waals surface area (Å²) < 4.78 is 10.8. The van der Waals surface area contributed by atoms with E-state index in [9.17, 15) is 4.79 Å². The van der Waals surface area contributed by atoms with E-state index in [-0.39, 0.29) is 11.8 Å². The molecule has 2 aromatic carbocycles. The fourth-order valence-corrected chi connectivity index (χ4v) is 2.52. The fourth-order valence-electron chi connectivity index (χ4n) is 2.52. The molecule has 0 aromatic heterocycles. The summed E-state index contributed by atoms with van der Waals surface area (Å²) in [5.41, 5.74) is 2.86. The first-order valence-electron chi connectivity index (χ1n) is 8.60. The molecule has 0 unspecified atom stereocenters. The third-order valence-electron chi connectivity index (χ3n) is 4.08. The van der Waals surface area contributed by atoms with Gasteiger partial charge >= 0.3 is 0 Å². The Hall–Kier alpha value is -2.53. The highest BCUT2D eigenvalue weighted by Crippen LogP contribution is 2.30. The lowest BCUT2D eigenvalue weighted by Crippen LogP contribution is -2.13. The van der Waals surface area contributed by atoms with E-state index in [0.29, 0.717) is 19.8 Å². The summed E-state index contributed by atoms with van der Waals surface area (Å²) in [7, 11) is 1.66. The van der Waals surface area contributed by atoms with E-state index >= 15 is 0 Å². The molecule has 132 valence electrons. The second-order valence-corrected chi connectivity index (χ2v) is 6.15. The second-order valence-electron chi connectivity index (χ2n) is 6.15. The summed E-state index contributed by atoms with van der Waals surface area (Å²) in [5.74, 6) is 1.17. The number of anilines is 2. The molecule has 25 heavy (non-hydrogen) atoms. The van der Waals surface area contributed by atoms with Crippen LogP contribution in [-0.4, -0.2) is 26.2 Å². The van der Waals surface area contributed by atoms with E-state index in [2.05, 4.69) is 10.6 Å². The zero-order valence-corrected chi connectivity index (χ0v) is 14.5. The van der Waals surface area contributed by atoms with Crippen molar-refractivity contribution in [2.45, 2.75) is 19.4 Å². The predicted octanol–water partition coefficient (Wildman–Crippen LogP) is 3.67. The molecule has 0 saturated heterocycles. The topological polar surface area (TPSA) is 59.6 Å². The first kappa shape index (κ1) is 17.3. The van der Waals surface area contributed by atoms with Crippen LogP contribution in [0.15, 0.2) is 48.5 Å². The number of hydrogen-bond acceptors (Lipinski definition) is 4. The fraction of sp³-hybridized carbons (Fsp3) is 0.350. The molecule has 0 radical (unpaired) electrons. The molecule has 0 atom stereocenters. The number of amides is 1. The third kappa shape index (κ3) is 5.22. The van der Waals surface area contributed by atoms with Crippen LogP contribution in [0.5, 0.6) is 5.75 Å². The van der Waals surface area contributed by atoms with Gasteiger partial charge in [0, 0.05) is 36.5 Å². The molecular weight excluding hydrogens is 316 g/mol. The van der Waals surface area contributed by atoms with E-state index in [1.165, 1.54) is 0 Å². The highest BCUT2D eigenvalue weighted by Gasteiger charge is 2.29. The molecule has 0 spiro atoms. The first-order chi connectivity index (χ1) is 12.3. The van der Waals surface area contributed by atoms with Crippen LogP contribution in [0.4, 0.5) is 11.4 Å². The van der Waals surface area contributed by atoms with Gasteiger partial charge in [0.25, 0.3) is 0 Å². The van der Waals surface area contributed by atoms with E-state index in [0.717, 1.165) is 35.5 Å². The van der Waals surface area contributed by atoms with Gasteiger partial charge in [-0.05, 0) is 37.1 Å². The van der Waals surface area contributed by atoms with Crippen LogP contribution in [0, 0.1) is 5.92 Å².